The molecule has 4 aromatic rings. The van der Waals surface area contributed by atoms with Crippen LogP contribution in [0.15, 0.2) is 102 Å². The van der Waals surface area contributed by atoms with Gasteiger partial charge >= 0.3 is 0 Å². The van der Waals surface area contributed by atoms with Crippen LogP contribution < -0.4 is 0 Å². The molecule has 2 heterocycles. The molecule has 0 radical (unpaired) electrons. The van der Waals surface area contributed by atoms with E-state index < -0.39 is 0 Å². The summed E-state index contributed by atoms with van der Waals surface area (Å²) in [5, 5.41) is 0. The number of nitrogens with zero attached hydrogens (tertiary/aromatic N) is 3. The first-order valence-electron chi connectivity index (χ1n) is 12.3. The van der Waals surface area contributed by atoms with Crippen molar-refractivity contribution in [1.82, 2.24) is 14.4 Å². The highest BCUT2D eigenvalue weighted by Gasteiger charge is 2.25. The van der Waals surface area contributed by atoms with Gasteiger partial charge in [-0.05, 0) is 41.3 Å². The molecule has 2 aromatic heterocycles. The third-order valence-corrected chi connectivity index (χ3v) is 5.97. The van der Waals surface area contributed by atoms with Gasteiger partial charge in [0.25, 0.3) is 5.91 Å². The summed E-state index contributed by atoms with van der Waals surface area (Å²) in [6.45, 7) is 6.15. The average molecular weight is 484 g/mol. The Bertz CT molecular complexity index is 1230. The summed E-state index contributed by atoms with van der Waals surface area (Å²) < 4.78 is 7.50. The Morgan fingerprint density at radius 2 is 1.50 bits per heavy atom. The molecule has 2 aromatic carbocycles. The lowest BCUT2D eigenvalue weighted by Gasteiger charge is -2.29. The minimum atomic E-state index is -0.269. The predicted octanol–water partition coefficient (Wildman–Crippen LogP) is 5.46. The van der Waals surface area contributed by atoms with Gasteiger partial charge in [0.05, 0.1) is 12.8 Å². The Hall–Kier alpha value is -4.06. The first-order chi connectivity index (χ1) is 17.5. The third-order valence-electron chi connectivity index (χ3n) is 5.97. The first-order valence-corrected chi connectivity index (χ1v) is 12.3. The molecule has 0 aliphatic carbocycles. The van der Waals surface area contributed by atoms with Crippen LogP contribution in [0.25, 0.3) is 0 Å². The molecule has 36 heavy (non-hydrogen) atoms. The fourth-order valence-electron chi connectivity index (χ4n) is 4.24. The zero-order valence-electron chi connectivity index (χ0n) is 20.9. The van der Waals surface area contributed by atoms with E-state index in [1.807, 2.05) is 85.6 Å². The summed E-state index contributed by atoms with van der Waals surface area (Å²) >= 11 is 0. The van der Waals surface area contributed by atoms with E-state index in [9.17, 15) is 9.59 Å². The fourth-order valence-corrected chi connectivity index (χ4v) is 4.24. The highest BCUT2D eigenvalue weighted by atomic mass is 16.3. The van der Waals surface area contributed by atoms with Crippen LogP contribution >= 0.6 is 0 Å². The van der Waals surface area contributed by atoms with Crippen LogP contribution in [0.4, 0.5) is 0 Å². The van der Waals surface area contributed by atoms with Gasteiger partial charge in [0, 0.05) is 31.5 Å². The van der Waals surface area contributed by atoms with Crippen molar-refractivity contribution in [3.8, 4) is 0 Å². The number of benzene rings is 2. The lowest BCUT2D eigenvalue weighted by molar-refractivity contribution is -0.133. The number of carbonyl (C=O) groups is 2. The van der Waals surface area contributed by atoms with Crippen LogP contribution in [0, 0.1) is 5.92 Å². The molecule has 6 heteroatoms. The molecule has 0 saturated carbocycles. The Morgan fingerprint density at radius 1 is 0.806 bits per heavy atom. The highest BCUT2D eigenvalue weighted by molar-refractivity contribution is 5.94. The van der Waals surface area contributed by atoms with E-state index in [0.717, 1.165) is 17.8 Å². The molecule has 186 valence electrons. The van der Waals surface area contributed by atoms with Gasteiger partial charge in [-0.15, -0.1) is 0 Å². The number of furan rings is 1. The molecule has 4 rings (SSSR count). The van der Waals surface area contributed by atoms with Crippen molar-refractivity contribution in [2.45, 2.75) is 33.5 Å². The largest absolute Gasteiger partial charge is 0.459 e. The second-order valence-corrected chi connectivity index (χ2v) is 9.41. The normalized spacial score (nSPS) is 11.0. The van der Waals surface area contributed by atoms with Crippen LogP contribution in [0.3, 0.4) is 0 Å². The van der Waals surface area contributed by atoms with Crippen molar-refractivity contribution in [2.75, 3.05) is 13.1 Å². The maximum Gasteiger partial charge on any atom is 0.290 e. The molecule has 0 unspecified atom stereocenters. The number of hydrogen-bond donors (Lipinski definition) is 0. The molecular formula is C30H33N3O3. The van der Waals surface area contributed by atoms with E-state index in [1.54, 1.807) is 17.0 Å². The van der Waals surface area contributed by atoms with Gasteiger partial charge in [0.15, 0.2) is 5.76 Å². The minimum absolute atomic E-state index is 0.00998. The number of carbonyl (C=O) groups excluding carboxylic acids is 2. The maximum atomic E-state index is 13.7. The Kier molecular flexibility index (Phi) is 8.40. The van der Waals surface area contributed by atoms with Crippen molar-refractivity contribution in [3.63, 3.8) is 0 Å². The van der Waals surface area contributed by atoms with Crippen molar-refractivity contribution in [2.24, 2.45) is 5.92 Å². The second kappa shape index (κ2) is 12.1. The number of hydrogen-bond acceptors (Lipinski definition) is 3. The maximum absolute atomic E-state index is 13.7. The van der Waals surface area contributed by atoms with Gasteiger partial charge in [0.1, 0.15) is 6.54 Å². The zero-order chi connectivity index (χ0) is 25.3. The summed E-state index contributed by atoms with van der Waals surface area (Å²) in [5.74, 6) is 0.0817. The molecule has 0 aliphatic heterocycles. The highest BCUT2D eigenvalue weighted by Crippen LogP contribution is 2.16. The molecular weight excluding hydrogens is 450 g/mol. The summed E-state index contributed by atoms with van der Waals surface area (Å²) in [6, 6.07) is 27.6. The summed E-state index contributed by atoms with van der Waals surface area (Å²) in [7, 11) is 0. The Morgan fingerprint density at radius 3 is 2.14 bits per heavy atom. The zero-order valence-corrected chi connectivity index (χ0v) is 20.9. The number of amides is 2. The number of rotatable bonds is 11. The van der Waals surface area contributed by atoms with Crippen molar-refractivity contribution in [3.05, 3.63) is 120 Å². The molecule has 6 nitrogen and oxygen atoms in total. The van der Waals surface area contributed by atoms with Gasteiger partial charge < -0.3 is 18.8 Å². The van der Waals surface area contributed by atoms with Gasteiger partial charge in [-0.1, -0.05) is 74.5 Å². The lowest BCUT2D eigenvalue weighted by Crippen LogP contribution is -2.44. The van der Waals surface area contributed by atoms with Gasteiger partial charge in [-0.25, -0.2) is 0 Å². The topological polar surface area (TPSA) is 58.7 Å². The van der Waals surface area contributed by atoms with E-state index in [2.05, 4.69) is 16.7 Å². The molecule has 0 bridgehead atoms. The van der Waals surface area contributed by atoms with E-state index in [1.165, 1.54) is 11.8 Å². The lowest BCUT2D eigenvalue weighted by atomic mass is 10.2. The summed E-state index contributed by atoms with van der Waals surface area (Å²) in [6.07, 6.45) is 3.52. The van der Waals surface area contributed by atoms with Crippen molar-refractivity contribution < 1.29 is 14.0 Å². The van der Waals surface area contributed by atoms with Gasteiger partial charge in [-0.3, -0.25) is 9.59 Å². The SMILES string of the molecule is CC(C)CN(CC(=O)N(Cc1ccccc1)Cc1cccn1Cc1ccccc1)C(=O)c1ccco1. The second-order valence-electron chi connectivity index (χ2n) is 9.41. The quantitative estimate of drug-likeness (QED) is 0.285. The standard InChI is InChI=1S/C30H33N3O3/c1-24(2)19-33(30(35)28-16-10-18-36-28)23-29(34)32(21-26-13-7-4-8-14-26)22-27-15-9-17-31(27)20-25-11-5-3-6-12-25/h3-18,24H,19-23H2,1-2H3. The molecule has 0 aliphatic rings. The van der Waals surface area contributed by atoms with E-state index in [4.69, 9.17) is 4.42 Å². The van der Waals surface area contributed by atoms with Crippen LogP contribution in [0.2, 0.25) is 0 Å². The van der Waals surface area contributed by atoms with Crippen molar-refractivity contribution in [1.29, 1.82) is 0 Å². The smallest absolute Gasteiger partial charge is 0.290 e. The van der Waals surface area contributed by atoms with Crippen molar-refractivity contribution >= 4 is 11.8 Å². The Labute approximate surface area is 212 Å². The molecule has 0 N–H and O–H groups in total. The Balaban J connectivity index is 1.55. The minimum Gasteiger partial charge on any atom is -0.459 e. The molecule has 0 atom stereocenters. The molecule has 2 amide bonds. The van der Waals surface area contributed by atoms with E-state index in [0.29, 0.717) is 19.6 Å². The molecule has 0 fully saturated rings. The van der Waals surface area contributed by atoms with Crippen LogP contribution in [0.1, 0.15) is 41.2 Å². The van der Waals surface area contributed by atoms with E-state index in [-0.39, 0.29) is 30.0 Å². The third kappa shape index (κ3) is 6.75. The van der Waals surface area contributed by atoms with Crippen LogP contribution in [0.5, 0.6) is 0 Å². The molecule has 0 spiro atoms. The van der Waals surface area contributed by atoms with Crippen LogP contribution in [-0.4, -0.2) is 39.3 Å². The predicted molar refractivity (Wildman–Crippen MR) is 140 cm³/mol. The van der Waals surface area contributed by atoms with Gasteiger partial charge in [0.2, 0.25) is 5.91 Å². The number of aromatic nitrogens is 1. The van der Waals surface area contributed by atoms with Crippen LogP contribution in [-0.2, 0) is 24.4 Å². The van der Waals surface area contributed by atoms with E-state index >= 15 is 0 Å². The monoisotopic (exact) mass is 483 g/mol. The first kappa shape index (κ1) is 25.0. The summed E-state index contributed by atoms with van der Waals surface area (Å²) in [4.78, 5) is 30.2. The average Bonchev–Trinajstić information content (AvgIpc) is 3.56. The molecule has 0 saturated heterocycles. The van der Waals surface area contributed by atoms with Gasteiger partial charge in [-0.2, -0.15) is 0 Å². The summed E-state index contributed by atoms with van der Waals surface area (Å²) in [5.41, 5.74) is 3.28. The fraction of sp³-hybridized carbons (Fsp3) is 0.267.